The SMILES string of the molecule is CN1CCC(N2CCN(C(=O)[C@@H](Cc3cc(C(F)(F)F)c(N)c(C(F)(F)F)c3)OC(=O)N3CCC(N4CCc5ccccc5NC4=O)CC3)CC2)CC1. The predicted octanol–water partition coefficient (Wildman–Crippen LogP) is 5.15. The molecular formula is C36H45F6N7O4. The van der Waals surface area contributed by atoms with Gasteiger partial charge in [-0.15, -0.1) is 0 Å². The van der Waals surface area contributed by atoms with Gasteiger partial charge in [-0.25, -0.2) is 9.59 Å². The summed E-state index contributed by atoms with van der Waals surface area (Å²) in [4.78, 5) is 49.7. The van der Waals surface area contributed by atoms with E-state index in [0.717, 1.165) is 37.2 Å². The highest BCUT2D eigenvalue weighted by atomic mass is 19.4. The average molecular weight is 754 g/mol. The van der Waals surface area contributed by atoms with Crippen LogP contribution in [-0.4, -0.2) is 127 Å². The highest BCUT2D eigenvalue weighted by molar-refractivity contribution is 5.91. The van der Waals surface area contributed by atoms with E-state index in [1.54, 1.807) is 4.90 Å². The van der Waals surface area contributed by atoms with E-state index in [1.807, 2.05) is 24.3 Å². The summed E-state index contributed by atoms with van der Waals surface area (Å²) in [6, 6.07) is 8.37. The molecule has 0 unspecified atom stereocenters. The topological polar surface area (TPSA) is 115 Å². The number of nitrogens with two attached hydrogens (primary N) is 1. The lowest BCUT2D eigenvalue weighted by molar-refractivity contribution is -0.143. The van der Waals surface area contributed by atoms with E-state index in [0.29, 0.717) is 57.1 Å². The number of hydrogen-bond acceptors (Lipinski definition) is 7. The van der Waals surface area contributed by atoms with E-state index in [1.165, 1.54) is 9.80 Å². The van der Waals surface area contributed by atoms with E-state index < -0.39 is 59.3 Å². The number of nitrogens with one attached hydrogen (secondary N) is 1. The van der Waals surface area contributed by atoms with Crippen LogP contribution in [-0.2, 0) is 34.7 Å². The fraction of sp³-hybridized carbons (Fsp3) is 0.583. The van der Waals surface area contributed by atoms with Gasteiger partial charge in [-0.1, -0.05) is 18.2 Å². The van der Waals surface area contributed by atoms with Gasteiger partial charge in [-0.05, 0) is 81.6 Å². The number of likely N-dealkylation sites (tertiary alicyclic amines) is 2. The smallest absolute Gasteiger partial charge is 0.418 e. The molecule has 2 aromatic carbocycles. The van der Waals surface area contributed by atoms with Crippen LogP contribution in [0.3, 0.4) is 0 Å². The fourth-order valence-corrected chi connectivity index (χ4v) is 7.86. The molecule has 0 bridgehead atoms. The van der Waals surface area contributed by atoms with Crippen LogP contribution in [0.4, 0.5) is 47.3 Å². The van der Waals surface area contributed by atoms with Gasteiger partial charge in [0.25, 0.3) is 5.91 Å². The number of carbonyl (C=O) groups is 3. The number of nitrogens with zero attached hydrogens (tertiary/aromatic N) is 5. The number of rotatable bonds is 6. The summed E-state index contributed by atoms with van der Waals surface area (Å²) in [6.07, 6.45) is -10.4. The fourth-order valence-electron chi connectivity index (χ4n) is 7.86. The van der Waals surface area contributed by atoms with Crippen molar-refractivity contribution in [3.8, 4) is 0 Å². The van der Waals surface area contributed by atoms with E-state index in [-0.39, 0.29) is 38.3 Å². The lowest BCUT2D eigenvalue weighted by Gasteiger charge is -2.42. The molecule has 17 heteroatoms. The van der Waals surface area contributed by atoms with E-state index in [4.69, 9.17) is 10.5 Å². The molecule has 4 amide bonds. The minimum atomic E-state index is -5.21. The number of fused-ring (bicyclic) bond motifs is 1. The molecule has 0 spiro atoms. The number of halogens is 6. The third kappa shape index (κ3) is 8.94. The van der Waals surface area contributed by atoms with E-state index in [9.17, 15) is 40.7 Å². The zero-order valence-electron chi connectivity index (χ0n) is 29.5. The Morgan fingerprint density at radius 1 is 0.830 bits per heavy atom. The van der Waals surface area contributed by atoms with Crippen LogP contribution in [0.2, 0.25) is 0 Å². The van der Waals surface area contributed by atoms with Crippen molar-refractivity contribution in [2.45, 2.75) is 69.1 Å². The Morgan fingerprint density at radius 3 is 2.02 bits per heavy atom. The minimum Gasteiger partial charge on any atom is -0.436 e. The predicted molar refractivity (Wildman–Crippen MR) is 184 cm³/mol. The first-order valence-electron chi connectivity index (χ1n) is 18.0. The lowest BCUT2D eigenvalue weighted by atomic mass is 9.97. The van der Waals surface area contributed by atoms with Crippen molar-refractivity contribution < 1.29 is 45.5 Å². The van der Waals surface area contributed by atoms with Gasteiger partial charge < -0.3 is 35.4 Å². The Balaban J connectivity index is 1.16. The van der Waals surface area contributed by atoms with Crippen LogP contribution in [0.5, 0.6) is 0 Å². The van der Waals surface area contributed by atoms with Crippen molar-refractivity contribution in [3.63, 3.8) is 0 Å². The number of benzene rings is 2. The number of para-hydroxylation sites is 1. The largest absolute Gasteiger partial charge is 0.436 e. The van der Waals surface area contributed by atoms with Gasteiger partial charge >= 0.3 is 24.5 Å². The number of alkyl halides is 6. The Labute approximate surface area is 304 Å². The summed E-state index contributed by atoms with van der Waals surface area (Å²) >= 11 is 0. The summed E-state index contributed by atoms with van der Waals surface area (Å²) in [5.41, 5.74) is 1.76. The first-order chi connectivity index (χ1) is 25.1. The molecule has 0 radical (unpaired) electrons. The van der Waals surface area contributed by atoms with Gasteiger partial charge in [-0.2, -0.15) is 26.3 Å². The number of urea groups is 1. The highest BCUT2D eigenvalue weighted by Gasteiger charge is 2.42. The summed E-state index contributed by atoms with van der Waals surface area (Å²) in [6.45, 7) is 4.26. The quantitative estimate of drug-likeness (QED) is 0.310. The monoisotopic (exact) mass is 753 g/mol. The first-order valence-corrected chi connectivity index (χ1v) is 18.0. The van der Waals surface area contributed by atoms with Gasteiger partial charge in [0, 0.05) is 70.0 Å². The standard InChI is InChI=1S/C36H45F6N7O4/c1-45-11-7-25(8-12-45)46-16-18-47(19-17-46)32(50)30(22-23-20-27(35(37,38)39)31(43)28(21-23)36(40,41)42)53-34(52)48-13-9-26(10-14-48)49-15-6-24-4-2-3-5-29(24)44-33(49)51/h2-5,20-21,25-26,30H,6-19,22,43H2,1H3,(H,44,51)/t30-/m1/s1. The van der Waals surface area contributed by atoms with Gasteiger partial charge in [0.2, 0.25) is 0 Å². The van der Waals surface area contributed by atoms with Crippen LogP contribution in [0.1, 0.15) is 47.9 Å². The zero-order valence-corrected chi connectivity index (χ0v) is 29.5. The van der Waals surface area contributed by atoms with Crippen molar-refractivity contribution in [2.75, 3.05) is 77.0 Å². The molecule has 53 heavy (non-hydrogen) atoms. The van der Waals surface area contributed by atoms with Gasteiger partial charge in [-0.3, -0.25) is 9.69 Å². The number of piperazine rings is 1. The third-order valence-electron chi connectivity index (χ3n) is 10.9. The maximum absolute atomic E-state index is 14.0. The molecule has 3 fully saturated rings. The summed E-state index contributed by atoms with van der Waals surface area (Å²) < 4.78 is 89.0. The molecule has 3 saturated heterocycles. The molecule has 4 aliphatic rings. The molecule has 6 rings (SSSR count). The van der Waals surface area contributed by atoms with E-state index in [2.05, 4.69) is 22.2 Å². The number of piperidine rings is 2. The maximum Gasteiger partial charge on any atom is 0.418 e. The summed E-state index contributed by atoms with van der Waals surface area (Å²) in [5, 5.41) is 2.94. The maximum atomic E-state index is 14.0. The zero-order chi connectivity index (χ0) is 38.1. The number of ether oxygens (including phenoxy) is 1. The molecule has 0 aromatic heterocycles. The summed E-state index contributed by atoms with van der Waals surface area (Å²) in [5.74, 6) is -0.698. The van der Waals surface area contributed by atoms with Crippen molar-refractivity contribution in [1.29, 1.82) is 0 Å². The van der Waals surface area contributed by atoms with Gasteiger partial charge in [0.1, 0.15) is 0 Å². The normalized spacial score (nSPS) is 20.8. The number of nitrogen functional groups attached to an aromatic ring is 1. The molecule has 290 valence electrons. The summed E-state index contributed by atoms with van der Waals surface area (Å²) in [7, 11) is 2.06. The Bertz CT molecular complexity index is 1610. The van der Waals surface area contributed by atoms with Gasteiger partial charge in [0.05, 0.1) is 16.8 Å². The molecule has 0 saturated carbocycles. The molecule has 4 heterocycles. The molecular weight excluding hydrogens is 708 g/mol. The molecule has 1 atom stereocenters. The van der Waals surface area contributed by atoms with Crippen molar-refractivity contribution in [3.05, 3.63) is 58.7 Å². The average Bonchev–Trinajstić information content (AvgIpc) is 3.29. The first kappa shape index (κ1) is 38.5. The van der Waals surface area contributed by atoms with Crippen molar-refractivity contribution in [1.82, 2.24) is 24.5 Å². The number of anilines is 2. The van der Waals surface area contributed by atoms with E-state index >= 15 is 0 Å². The number of amides is 4. The lowest BCUT2D eigenvalue weighted by Crippen LogP contribution is -2.56. The number of hydrogen-bond donors (Lipinski definition) is 2. The van der Waals surface area contributed by atoms with Crippen LogP contribution in [0, 0.1) is 0 Å². The molecule has 2 aromatic rings. The second kappa shape index (κ2) is 15.6. The number of carbonyl (C=O) groups excluding carboxylic acids is 3. The molecule has 11 nitrogen and oxygen atoms in total. The Hall–Kier alpha value is -4.25. The van der Waals surface area contributed by atoms with Crippen LogP contribution in [0.25, 0.3) is 0 Å². The highest BCUT2D eigenvalue weighted by Crippen LogP contribution is 2.42. The second-order valence-corrected chi connectivity index (χ2v) is 14.3. The molecule has 4 aliphatic heterocycles. The third-order valence-corrected chi connectivity index (χ3v) is 10.9. The van der Waals surface area contributed by atoms with Crippen molar-refractivity contribution >= 4 is 29.4 Å². The Kier molecular flexibility index (Phi) is 11.3. The Morgan fingerprint density at radius 2 is 1.42 bits per heavy atom. The molecule has 0 aliphatic carbocycles. The van der Waals surface area contributed by atoms with Crippen LogP contribution in [0.15, 0.2) is 36.4 Å². The van der Waals surface area contributed by atoms with Gasteiger partial charge in [0.15, 0.2) is 6.10 Å². The van der Waals surface area contributed by atoms with Crippen LogP contribution < -0.4 is 11.1 Å². The second-order valence-electron chi connectivity index (χ2n) is 14.3. The minimum absolute atomic E-state index is 0.161. The molecule has 3 N–H and O–H groups in total. The van der Waals surface area contributed by atoms with Crippen molar-refractivity contribution in [2.24, 2.45) is 0 Å². The van der Waals surface area contributed by atoms with Crippen LogP contribution >= 0.6 is 0 Å².